The standard InChI is InChI=1S/C10H11IOS/c11-9-4-3-5-10(8-9)12-6-1-2-7-13/h1-5,8,13H,6-7H2. The lowest BCUT2D eigenvalue weighted by molar-refractivity contribution is 0.362. The largest absolute Gasteiger partial charge is 0.490 e. The Labute approximate surface area is 97.7 Å². The quantitative estimate of drug-likeness (QED) is 0.511. The molecular weight excluding hydrogens is 295 g/mol. The van der Waals surface area contributed by atoms with Crippen molar-refractivity contribution in [2.24, 2.45) is 0 Å². The van der Waals surface area contributed by atoms with Crippen LogP contribution in [0, 0.1) is 3.57 Å². The Bertz CT molecular complexity index is 286. The molecule has 0 saturated heterocycles. The van der Waals surface area contributed by atoms with Crippen molar-refractivity contribution >= 4 is 35.2 Å². The molecule has 70 valence electrons. The normalized spacial score (nSPS) is 10.6. The van der Waals surface area contributed by atoms with Crippen LogP contribution in [-0.2, 0) is 0 Å². The minimum Gasteiger partial charge on any atom is -0.490 e. The number of thiol groups is 1. The second kappa shape index (κ2) is 6.32. The summed E-state index contributed by atoms with van der Waals surface area (Å²) in [6.45, 7) is 0.612. The van der Waals surface area contributed by atoms with Gasteiger partial charge in [-0.2, -0.15) is 12.6 Å². The van der Waals surface area contributed by atoms with E-state index in [2.05, 4.69) is 35.2 Å². The first kappa shape index (κ1) is 10.9. The Kier molecular flexibility index (Phi) is 5.31. The predicted molar refractivity (Wildman–Crippen MR) is 67.6 cm³/mol. The molecule has 0 radical (unpaired) electrons. The highest BCUT2D eigenvalue weighted by atomic mass is 127. The van der Waals surface area contributed by atoms with Crippen molar-refractivity contribution in [3.05, 3.63) is 40.0 Å². The zero-order valence-corrected chi connectivity index (χ0v) is 10.2. The van der Waals surface area contributed by atoms with Gasteiger partial charge in [0.2, 0.25) is 0 Å². The molecule has 0 N–H and O–H groups in total. The number of benzene rings is 1. The number of halogens is 1. The molecule has 0 aromatic heterocycles. The van der Waals surface area contributed by atoms with Crippen LogP contribution in [0.5, 0.6) is 5.75 Å². The van der Waals surface area contributed by atoms with Crippen LogP contribution in [0.15, 0.2) is 36.4 Å². The van der Waals surface area contributed by atoms with E-state index in [4.69, 9.17) is 4.74 Å². The molecule has 1 aromatic rings. The van der Waals surface area contributed by atoms with Crippen LogP contribution in [0.3, 0.4) is 0 Å². The maximum atomic E-state index is 5.46. The highest BCUT2D eigenvalue weighted by molar-refractivity contribution is 14.1. The smallest absolute Gasteiger partial charge is 0.120 e. The zero-order chi connectivity index (χ0) is 9.52. The molecule has 13 heavy (non-hydrogen) atoms. The van der Waals surface area contributed by atoms with E-state index in [-0.39, 0.29) is 0 Å². The molecule has 1 nitrogen and oxygen atoms in total. The van der Waals surface area contributed by atoms with Crippen molar-refractivity contribution in [1.82, 2.24) is 0 Å². The van der Waals surface area contributed by atoms with Gasteiger partial charge in [-0.1, -0.05) is 18.2 Å². The van der Waals surface area contributed by atoms with Gasteiger partial charge in [0.15, 0.2) is 0 Å². The Hall–Kier alpha value is -0.160. The lowest BCUT2D eigenvalue weighted by Gasteiger charge is -2.02. The van der Waals surface area contributed by atoms with Gasteiger partial charge in [-0.05, 0) is 40.8 Å². The first-order chi connectivity index (χ1) is 6.33. The van der Waals surface area contributed by atoms with Crippen molar-refractivity contribution in [3.8, 4) is 5.75 Å². The number of ether oxygens (including phenoxy) is 1. The first-order valence-corrected chi connectivity index (χ1v) is 5.68. The van der Waals surface area contributed by atoms with Gasteiger partial charge in [0.05, 0.1) is 0 Å². The van der Waals surface area contributed by atoms with E-state index in [0.29, 0.717) is 6.61 Å². The maximum absolute atomic E-state index is 5.46. The predicted octanol–water partition coefficient (Wildman–Crippen LogP) is 3.16. The Morgan fingerprint density at radius 2 is 2.23 bits per heavy atom. The second-order valence-corrected chi connectivity index (χ2v) is 4.03. The van der Waals surface area contributed by atoms with Crippen LogP contribution in [0.4, 0.5) is 0 Å². The molecule has 0 atom stereocenters. The summed E-state index contributed by atoms with van der Waals surface area (Å²) in [4.78, 5) is 0. The summed E-state index contributed by atoms with van der Waals surface area (Å²) in [6, 6.07) is 7.99. The lowest BCUT2D eigenvalue weighted by Crippen LogP contribution is -1.93. The van der Waals surface area contributed by atoms with Crippen LogP contribution in [0.1, 0.15) is 0 Å². The van der Waals surface area contributed by atoms with Gasteiger partial charge in [0.25, 0.3) is 0 Å². The van der Waals surface area contributed by atoms with Gasteiger partial charge in [-0.15, -0.1) is 0 Å². The fraction of sp³-hybridized carbons (Fsp3) is 0.200. The SMILES string of the molecule is SCC=CCOc1cccc(I)c1. The molecule has 1 aromatic carbocycles. The highest BCUT2D eigenvalue weighted by Crippen LogP contribution is 2.14. The molecule has 0 bridgehead atoms. The van der Waals surface area contributed by atoms with E-state index < -0.39 is 0 Å². The zero-order valence-electron chi connectivity index (χ0n) is 7.11. The third kappa shape index (κ3) is 4.57. The second-order valence-electron chi connectivity index (χ2n) is 2.42. The van der Waals surface area contributed by atoms with Gasteiger partial charge in [-0.25, -0.2) is 0 Å². The van der Waals surface area contributed by atoms with Crippen molar-refractivity contribution < 1.29 is 4.74 Å². The first-order valence-electron chi connectivity index (χ1n) is 3.97. The molecule has 0 heterocycles. The molecule has 0 saturated carbocycles. The molecule has 0 spiro atoms. The molecule has 0 unspecified atom stereocenters. The summed E-state index contributed by atoms with van der Waals surface area (Å²) in [7, 11) is 0. The third-order valence-electron chi connectivity index (χ3n) is 1.41. The van der Waals surface area contributed by atoms with Gasteiger partial charge < -0.3 is 4.74 Å². The van der Waals surface area contributed by atoms with Crippen molar-refractivity contribution in [2.45, 2.75) is 0 Å². The fourth-order valence-corrected chi connectivity index (χ4v) is 1.51. The van der Waals surface area contributed by atoms with Gasteiger partial charge in [0.1, 0.15) is 12.4 Å². The number of hydrogen-bond donors (Lipinski definition) is 1. The lowest BCUT2D eigenvalue weighted by atomic mass is 10.3. The van der Waals surface area contributed by atoms with E-state index in [1.807, 2.05) is 36.4 Å². The summed E-state index contributed by atoms with van der Waals surface area (Å²) in [6.07, 6.45) is 3.93. The molecule has 0 aliphatic rings. The average molecular weight is 306 g/mol. The average Bonchev–Trinajstić information content (AvgIpc) is 2.13. The molecule has 3 heteroatoms. The Balaban J connectivity index is 2.41. The van der Waals surface area contributed by atoms with Crippen molar-refractivity contribution in [1.29, 1.82) is 0 Å². The summed E-state index contributed by atoms with van der Waals surface area (Å²) in [5.41, 5.74) is 0. The summed E-state index contributed by atoms with van der Waals surface area (Å²) >= 11 is 6.32. The summed E-state index contributed by atoms with van der Waals surface area (Å²) in [5, 5.41) is 0. The van der Waals surface area contributed by atoms with Crippen LogP contribution in [-0.4, -0.2) is 12.4 Å². The van der Waals surface area contributed by atoms with E-state index in [0.717, 1.165) is 11.5 Å². The van der Waals surface area contributed by atoms with E-state index in [9.17, 15) is 0 Å². The van der Waals surface area contributed by atoms with E-state index in [1.54, 1.807) is 0 Å². The molecular formula is C10H11IOS. The van der Waals surface area contributed by atoms with Gasteiger partial charge in [0, 0.05) is 9.32 Å². The van der Waals surface area contributed by atoms with Gasteiger partial charge in [-0.3, -0.25) is 0 Å². The minimum atomic E-state index is 0.612. The number of rotatable bonds is 4. The van der Waals surface area contributed by atoms with Crippen LogP contribution in [0.25, 0.3) is 0 Å². The fourth-order valence-electron chi connectivity index (χ4n) is 0.844. The molecule has 0 aliphatic carbocycles. The number of hydrogen-bond acceptors (Lipinski definition) is 2. The Morgan fingerprint density at radius 3 is 2.92 bits per heavy atom. The molecule has 0 fully saturated rings. The molecule has 0 aliphatic heterocycles. The van der Waals surface area contributed by atoms with E-state index in [1.165, 1.54) is 3.57 Å². The highest BCUT2D eigenvalue weighted by Gasteiger charge is 1.91. The monoisotopic (exact) mass is 306 g/mol. The van der Waals surface area contributed by atoms with E-state index >= 15 is 0 Å². The minimum absolute atomic E-state index is 0.612. The molecule has 1 rings (SSSR count). The Morgan fingerprint density at radius 1 is 1.38 bits per heavy atom. The third-order valence-corrected chi connectivity index (χ3v) is 2.30. The van der Waals surface area contributed by atoms with Crippen LogP contribution < -0.4 is 4.74 Å². The van der Waals surface area contributed by atoms with Crippen LogP contribution >= 0.6 is 35.2 Å². The summed E-state index contributed by atoms with van der Waals surface area (Å²) in [5.74, 6) is 1.67. The topological polar surface area (TPSA) is 9.23 Å². The van der Waals surface area contributed by atoms with Gasteiger partial charge >= 0.3 is 0 Å². The summed E-state index contributed by atoms with van der Waals surface area (Å²) < 4.78 is 6.65. The van der Waals surface area contributed by atoms with Crippen molar-refractivity contribution in [3.63, 3.8) is 0 Å². The molecule has 0 amide bonds. The van der Waals surface area contributed by atoms with Crippen molar-refractivity contribution in [2.75, 3.05) is 12.4 Å². The maximum Gasteiger partial charge on any atom is 0.120 e. The van der Waals surface area contributed by atoms with Crippen LogP contribution in [0.2, 0.25) is 0 Å².